The lowest BCUT2D eigenvalue weighted by molar-refractivity contribution is 0.318. The van der Waals surface area contributed by atoms with Gasteiger partial charge in [0.2, 0.25) is 5.89 Å². The minimum Gasteiger partial charge on any atom is -0.444 e. The van der Waals surface area contributed by atoms with Crippen LogP contribution in [0.5, 0.6) is 0 Å². The van der Waals surface area contributed by atoms with Gasteiger partial charge in [0.05, 0.1) is 12.2 Å². The topological polar surface area (TPSA) is 110 Å². The van der Waals surface area contributed by atoms with Crippen LogP contribution in [0.15, 0.2) is 27.9 Å². The van der Waals surface area contributed by atoms with Gasteiger partial charge in [-0.1, -0.05) is 11.2 Å². The number of aromatic nitrogens is 2. The predicted octanol–water partition coefficient (Wildman–Crippen LogP) is 1.07. The Kier molecular flexibility index (Phi) is 4.31. The summed E-state index contributed by atoms with van der Waals surface area (Å²) in [7, 11) is 0. The van der Waals surface area contributed by atoms with E-state index in [9.17, 15) is 0 Å². The summed E-state index contributed by atoms with van der Waals surface area (Å²) < 4.78 is 5.47. The third kappa shape index (κ3) is 3.12. The molecular formula is C13H17N5O2. The van der Waals surface area contributed by atoms with E-state index in [1.165, 1.54) is 0 Å². The number of pyridine rings is 1. The molecule has 20 heavy (non-hydrogen) atoms. The molecule has 0 saturated carbocycles. The number of amidine groups is 1. The molecule has 0 radical (unpaired) electrons. The van der Waals surface area contributed by atoms with Gasteiger partial charge in [-0.2, -0.15) is 0 Å². The highest BCUT2D eigenvalue weighted by molar-refractivity contribution is 5.96. The lowest BCUT2D eigenvalue weighted by Gasteiger charge is -2.07. The van der Waals surface area contributed by atoms with E-state index in [1.54, 1.807) is 12.3 Å². The molecule has 0 saturated heterocycles. The molecule has 0 aromatic carbocycles. The summed E-state index contributed by atoms with van der Waals surface area (Å²) in [6.07, 6.45) is 1.59. The van der Waals surface area contributed by atoms with Crippen molar-refractivity contribution in [3.63, 3.8) is 0 Å². The van der Waals surface area contributed by atoms with Gasteiger partial charge < -0.3 is 20.7 Å². The van der Waals surface area contributed by atoms with Gasteiger partial charge in [0.15, 0.2) is 5.84 Å². The van der Waals surface area contributed by atoms with Gasteiger partial charge in [0.25, 0.3) is 0 Å². The van der Waals surface area contributed by atoms with E-state index < -0.39 is 0 Å². The molecule has 106 valence electrons. The Labute approximate surface area is 116 Å². The smallest absolute Gasteiger partial charge is 0.208 e. The standard InChI is InChI=1S/C13H17N5O2/c1-8-9(2)20-11(17-8)7-15-6-10-4-3-5-16-12(10)13(14)18-19/h3-5,15,19H,6-7H2,1-2H3,(H2,14,18). The van der Waals surface area contributed by atoms with Crippen molar-refractivity contribution in [2.75, 3.05) is 0 Å². The molecule has 7 heteroatoms. The maximum atomic E-state index is 8.73. The lowest BCUT2D eigenvalue weighted by atomic mass is 10.2. The second-order valence-electron chi connectivity index (χ2n) is 4.35. The fourth-order valence-corrected chi connectivity index (χ4v) is 1.78. The Hall–Kier alpha value is -2.41. The molecule has 2 heterocycles. The molecule has 2 rings (SSSR count). The Morgan fingerprint density at radius 3 is 2.90 bits per heavy atom. The fourth-order valence-electron chi connectivity index (χ4n) is 1.78. The molecule has 7 nitrogen and oxygen atoms in total. The minimum atomic E-state index is -0.00906. The molecule has 0 amide bonds. The molecule has 0 bridgehead atoms. The molecule has 0 spiro atoms. The molecule has 0 aliphatic rings. The SMILES string of the molecule is Cc1nc(CNCc2cccnc2/C(N)=N/O)oc1C. The molecular weight excluding hydrogens is 258 g/mol. The first-order valence-electron chi connectivity index (χ1n) is 6.17. The first kappa shape index (κ1) is 14.0. The lowest BCUT2D eigenvalue weighted by Crippen LogP contribution is -2.21. The van der Waals surface area contributed by atoms with Crippen molar-refractivity contribution in [3.05, 3.63) is 46.9 Å². The summed E-state index contributed by atoms with van der Waals surface area (Å²) in [5.41, 5.74) is 7.77. The molecule has 0 aliphatic carbocycles. The average molecular weight is 275 g/mol. The molecule has 4 N–H and O–H groups in total. The van der Waals surface area contributed by atoms with Gasteiger partial charge in [0, 0.05) is 12.7 Å². The maximum Gasteiger partial charge on any atom is 0.208 e. The molecule has 0 atom stereocenters. The quantitative estimate of drug-likeness (QED) is 0.326. The highest BCUT2D eigenvalue weighted by Gasteiger charge is 2.09. The Bertz CT molecular complexity index is 601. The fraction of sp³-hybridized carbons (Fsp3) is 0.308. The van der Waals surface area contributed by atoms with Gasteiger partial charge in [-0.25, -0.2) is 4.98 Å². The predicted molar refractivity (Wildman–Crippen MR) is 73.3 cm³/mol. The van der Waals surface area contributed by atoms with Gasteiger partial charge in [0.1, 0.15) is 11.5 Å². The number of hydrogen-bond acceptors (Lipinski definition) is 6. The Morgan fingerprint density at radius 1 is 1.45 bits per heavy atom. The maximum absolute atomic E-state index is 8.73. The van der Waals surface area contributed by atoms with E-state index in [-0.39, 0.29) is 5.84 Å². The van der Waals surface area contributed by atoms with E-state index in [0.29, 0.717) is 24.7 Å². The van der Waals surface area contributed by atoms with Crippen molar-refractivity contribution < 1.29 is 9.62 Å². The van der Waals surface area contributed by atoms with Crippen molar-refractivity contribution in [2.45, 2.75) is 26.9 Å². The van der Waals surface area contributed by atoms with Crippen LogP contribution in [0.4, 0.5) is 0 Å². The van der Waals surface area contributed by atoms with Crippen molar-refractivity contribution in [3.8, 4) is 0 Å². The van der Waals surface area contributed by atoms with Crippen LogP contribution in [0.3, 0.4) is 0 Å². The molecule has 0 unspecified atom stereocenters. The molecule has 0 aliphatic heterocycles. The number of oxazole rings is 1. The summed E-state index contributed by atoms with van der Waals surface area (Å²) >= 11 is 0. The number of aryl methyl sites for hydroxylation is 2. The number of nitrogens with zero attached hydrogens (tertiary/aromatic N) is 3. The second-order valence-corrected chi connectivity index (χ2v) is 4.35. The van der Waals surface area contributed by atoms with E-state index in [0.717, 1.165) is 17.0 Å². The summed E-state index contributed by atoms with van der Waals surface area (Å²) in [6, 6.07) is 3.66. The van der Waals surface area contributed by atoms with Crippen LogP contribution in [0, 0.1) is 13.8 Å². The zero-order valence-electron chi connectivity index (χ0n) is 11.4. The van der Waals surface area contributed by atoms with E-state index in [1.807, 2.05) is 19.9 Å². The number of nitrogens with two attached hydrogens (primary N) is 1. The van der Waals surface area contributed by atoms with Crippen LogP contribution in [0.1, 0.15) is 28.6 Å². The zero-order chi connectivity index (χ0) is 14.5. The normalized spacial score (nSPS) is 11.8. The second kappa shape index (κ2) is 6.16. The van der Waals surface area contributed by atoms with Crippen molar-refractivity contribution in [1.82, 2.24) is 15.3 Å². The molecule has 0 fully saturated rings. The van der Waals surface area contributed by atoms with Crippen molar-refractivity contribution >= 4 is 5.84 Å². The third-order valence-electron chi connectivity index (χ3n) is 2.91. The largest absolute Gasteiger partial charge is 0.444 e. The summed E-state index contributed by atoms with van der Waals surface area (Å²) in [4.78, 5) is 8.38. The van der Waals surface area contributed by atoms with Crippen LogP contribution in [-0.2, 0) is 13.1 Å². The van der Waals surface area contributed by atoms with Crippen LogP contribution in [0.25, 0.3) is 0 Å². The van der Waals surface area contributed by atoms with E-state index in [4.69, 9.17) is 15.4 Å². The van der Waals surface area contributed by atoms with Gasteiger partial charge in [-0.15, -0.1) is 0 Å². The molecule has 2 aromatic heterocycles. The Balaban J connectivity index is 2.01. The van der Waals surface area contributed by atoms with Crippen molar-refractivity contribution in [1.29, 1.82) is 0 Å². The van der Waals surface area contributed by atoms with E-state index >= 15 is 0 Å². The summed E-state index contributed by atoms with van der Waals surface area (Å²) in [5.74, 6) is 1.44. The van der Waals surface area contributed by atoms with Gasteiger partial charge in [-0.3, -0.25) is 4.98 Å². The monoisotopic (exact) mass is 275 g/mol. The number of nitrogens with one attached hydrogen (secondary N) is 1. The van der Waals surface area contributed by atoms with Crippen LogP contribution in [-0.4, -0.2) is 21.0 Å². The molecule has 2 aromatic rings. The van der Waals surface area contributed by atoms with Crippen LogP contribution in [0.2, 0.25) is 0 Å². The van der Waals surface area contributed by atoms with Crippen molar-refractivity contribution in [2.24, 2.45) is 10.9 Å². The highest BCUT2D eigenvalue weighted by atomic mass is 16.4. The number of rotatable bonds is 5. The van der Waals surface area contributed by atoms with Crippen LogP contribution < -0.4 is 11.1 Å². The van der Waals surface area contributed by atoms with Gasteiger partial charge in [-0.05, 0) is 25.5 Å². The number of hydrogen-bond donors (Lipinski definition) is 3. The number of oxime groups is 1. The van der Waals surface area contributed by atoms with Gasteiger partial charge >= 0.3 is 0 Å². The highest BCUT2D eigenvalue weighted by Crippen LogP contribution is 2.09. The first-order valence-corrected chi connectivity index (χ1v) is 6.17. The minimum absolute atomic E-state index is 0.00906. The third-order valence-corrected chi connectivity index (χ3v) is 2.91. The summed E-state index contributed by atoms with van der Waals surface area (Å²) in [6.45, 7) is 4.79. The first-order chi connectivity index (χ1) is 9.61. The van der Waals surface area contributed by atoms with Crippen LogP contribution >= 0.6 is 0 Å². The van der Waals surface area contributed by atoms with E-state index in [2.05, 4.69) is 20.4 Å². The zero-order valence-corrected chi connectivity index (χ0v) is 11.4. The Morgan fingerprint density at radius 2 is 2.25 bits per heavy atom. The average Bonchev–Trinajstić information content (AvgIpc) is 2.77. The summed E-state index contributed by atoms with van der Waals surface area (Å²) in [5, 5.41) is 14.9.